The van der Waals surface area contributed by atoms with Gasteiger partial charge in [-0.2, -0.15) is 5.26 Å². The van der Waals surface area contributed by atoms with Crippen LogP contribution in [0.15, 0.2) is 24.3 Å². The Labute approximate surface area is 123 Å². The lowest BCUT2D eigenvalue weighted by atomic mass is 10.1. The van der Waals surface area contributed by atoms with Crippen molar-refractivity contribution in [2.24, 2.45) is 0 Å². The molecule has 0 amide bonds. The molecule has 2 aromatic rings. The van der Waals surface area contributed by atoms with Crippen LogP contribution in [0.25, 0.3) is 0 Å². The van der Waals surface area contributed by atoms with Gasteiger partial charge in [0.2, 0.25) is 0 Å². The van der Waals surface area contributed by atoms with E-state index in [-0.39, 0.29) is 17.8 Å². The molecule has 0 aliphatic rings. The van der Waals surface area contributed by atoms with Crippen LogP contribution in [0, 0.1) is 23.0 Å². The minimum Gasteiger partial charge on any atom is -0.465 e. The van der Waals surface area contributed by atoms with E-state index < -0.39 is 17.6 Å². The fourth-order valence-electron chi connectivity index (χ4n) is 1.67. The van der Waals surface area contributed by atoms with Crippen molar-refractivity contribution < 1.29 is 18.3 Å². The van der Waals surface area contributed by atoms with Gasteiger partial charge in [0.05, 0.1) is 18.4 Å². The molecule has 1 aromatic carbocycles. The number of nitrogens with zero attached hydrogens (tertiary/aromatic N) is 1. The first kappa shape index (κ1) is 14.9. The molecule has 0 aliphatic carbocycles. The number of nitrogens with one attached hydrogen (secondary N) is 1. The predicted octanol–water partition coefficient (Wildman–Crippen LogP) is 3.30. The number of anilines is 1. The van der Waals surface area contributed by atoms with Crippen molar-refractivity contribution in [2.45, 2.75) is 6.54 Å². The quantitative estimate of drug-likeness (QED) is 0.880. The molecule has 1 N–H and O–H groups in total. The molecule has 7 heteroatoms. The first-order valence-corrected chi connectivity index (χ1v) is 6.67. The number of thiophene rings is 1. The van der Waals surface area contributed by atoms with Gasteiger partial charge in [-0.1, -0.05) is 0 Å². The highest BCUT2D eigenvalue weighted by Crippen LogP contribution is 2.22. The second-order valence-corrected chi connectivity index (χ2v) is 5.20. The van der Waals surface area contributed by atoms with Gasteiger partial charge in [-0.15, -0.1) is 11.3 Å². The van der Waals surface area contributed by atoms with Crippen LogP contribution < -0.4 is 5.32 Å². The summed E-state index contributed by atoms with van der Waals surface area (Å²) in [5, 5.41) is 11.5. The smallest absolute Gasteiger partial charge is 0.340 e. The van der Waals surface area contributed by atoms with Crippen LogP contribution in [-0.2, 0) is 11.3 Å². The van der Waals surface area contributed by atoms with Crippen LogP contribution in [0.3, 0.4) is 0 Å². The van der Waals surface area contributed by atoms with Gasteiger partial charge in [0, 0.05) is 17.5 Å². The minimum absolute atomic E-state index is 0.0105. The molecule has 1 heterocycles. The van der Waals surface area contributed by atoms with Crippen molar-refractivity contribution in [2.75, 3.05) is 12.4 Å². The summed E-state index contributed by atoms with van der Waals surface area (Å²) in [6.07, 6.45) is 0. The van der Waals surface area contributed by atoms with E-state index in [1.165, 1.54) is 11.3 Å². The standard InChI is InChI=1S/C14H10F2N2O2S/c1-20-14(19)10-4-13(12(16)5-11(10)15)18-7-9-3-2-8(6-17)21-9/h2-5,18H,7H2,1H3. The topological polar surface area (TPSA) is 62.1 Å². The SMILES string of the molecule is COC(=O)c1cc(NCc2ccc(C#N)s2)c(F)cc1F. The Balaban J connectivity index is 2.19. The summed E-state index contributed by atoms with van der Waals surface area (Å²) >= 11 is 1.26. The molecule has 2 rings (SSSR count). The molecule has 0 bridgehead atoms. The number of esters is 1. The van der Waals surface area contributed by atoms with Crippen molar-refractivity contribution in [3.63, 3.8) is 0 Å². The monoisotopic (exact) mass is 308 g/mol. The molecule has 4 nitrogen and oxygen atoms in total. The third-order valence-electron chi connectivity index (χ3n) is 2.69. The summed E-state index contributed by atoms with van der Waals surface area (Å²) in [4.78, 5) is 12.7. The van der Waals surface area contributed by atoms with Crippen LogP contribution >= 0.6 is 11.3 Å². The lowest BCUT2D eigenvalue weighted by Crippen LogP contribution is -2.08. The van der Waals surface area contributed by atoms with E-state index in [1.54, 1.807) is 12.1 Å². The molecule has 108 valence electrons. The lowest BCUT2D eigenvalue weighted by molar-refractivity contribution is 0.0595. The minimum atomic E-state index is -0.979. The maximum atomic E-state index is 13.7. The number of benzene rings is 1. The van der Waals surface area contributed by atoms with Gasteiger partial charge in [0.15, 0.2) is 0 Å². The van der Waals surface area contributed by atoms with E-state index in [4.69, 9.17) is 5.26 Å². The van der Waals surface area contributed by atoms with Crippen LogP contribution in [0.1, 0.15) is 20.1 Å². The van der Waals surface area contributed by atoms with E-state index in [0.717, 1.165) is 18.1 Å². The zero-order chi connectivity index (χ0) is 15.4. The van der Waals surface area contributed by atoms with Gasteiger partial charge in [0.25, 0.3) is 0 Å². The Bertz CT molecular complexity index is 722. The van der Waals surface area contributed by atoms with Gasteiger partial charge in [-0.05, 0) is 18.2 Å². The Hall–Kier alpha value is -2.46. The molecule has 0 saturated carbocycles. The fraction of sp³-hybridized carbons (Fsp3) is 0.143. The van der Waals surface area contributed by atoms with E-state index in [2.05, 4.69) is 10.1 Å². The summed E-state index contributed by atoms with van der Waals surface area (Å²) in [6, 6.07) is 7.09. The van der Waals surface area contributed by atoms with E-state index in [1.807, 2.05) is 6.07 Å². The highest BCUT2D eigenvalue weighted by Gasteiger charge is 2.16. The summed E-state index contributed by atoms with van der Waals surface area (Å²) in [7, 11) is 1.12. The first-order chi connectivity index (χ1) is 10.0. The third kappa shape index (κ3) is 3.35. The molecule has 0 fully saturated rings. The maximum Gasteiger partial charge on any atom is 0.340 e. The van der Waals surface area contributed by atoms with E-state index in [0.29, 0.717) is 10.9 Å². The molecule has 1 aromatic heterocycles. The molecular weight excluding hydrogens is 298 g/mol. The van der Waals surface area contributed by atoms with Crippen LogP contribution in [0.5, 0.6) is 0 Å². The second kappa shape index (κ2) is 6.33. The Morgan fingerprint density at radius 1 is 1.38 bits per heavy atom. The van der Waals surface area contributed by atoms with Gasteiger partial charge < -0.3 is 10.1 Å². The van der Waals surface area contributed by atoms with Crippen molar-refractivity contribution >= 4 is 23.0 Å². The number of ether oxygens (including phenoxy) is 1. The molecule has 0 atom stereocenters. The average Bonchev–Trinajstić information content (AvgIpc) is 2.93. The van der Waals surface area contributed by atoms with Gasteiger partial charge in [0.1, 0.15) is 22.6 Å². The zero-order valence-corrected chi connectivity index (χ0v) is 11.8. The van der Waals surface area contributed by atoms with Crippen molar-refractivity contribution in [1.82, 2.24) is 0 Å². The largest absolute Gasteiger partial charge is 0.465 e. The third-order valence-corrected chi connectivity index (χ3v) is 3.68. The van der Waals surface area contributed by atoms with Crippen molar-refractivity contribution in [3.05, 3.63) is 51.2 Å². The number of methoxy groups -OCH3 is 1. The molecule has 0 aliphatic heterocycles. The molecule has 0 spiro atoms. The fourth-order valence-corrected chi connectivity index (χ4v) is 2.41. The molecule has 0 unspecified atom stereocenters. The van der Waals surface area contributed by atoms with Crippen LogP contribution in [-0.4, -0.2) is 13.1 Å². The molecular formula is C14H10F2N2O2S. The first-order valence-electron chi connectivity index (χ1n) is 5.85. The van der Waals surface area contributed by atoms with Crippen molar-refractivity contribution in [1.29, 1.82) is 5.26 Å². The Kier molecular flexibility index (Phi) is 4.50. The van der Waals surface area contributed by atoms with Gasteiger partial charge in [-0.25, -0.2) is 13.6 Å². The van der Waals surface area contributed by atoms with E-state index >= 15 is 0 Å². The average molecular weight is 308 g/mol. The van der Waals surface area contributed by atoms with Crippen LogP contribution in [0.4, 0.5) is 14.5 Å². The molecule has 0 saturated heterocycles. The highest BCUT2D eigenvalue weighted by atomic mass is 32.1. The summed E-state index contributed by atoms with van der Waals surface area (Å²) < 4.78 is 31.6. The Morgan fingerprint density at radius 3 is 2.76 bits per heavy atom. The van der Waals surface area contributed by atoms with Crippen LogP contribution in [0.2, 0.25) is 0 Å². The summed E-state index contributed by atoms with van der Waals surface area (Å²) in [6.45, 7) is 0.259. The summed E-state index contributed by atoms with van der Waals surface area (Å²) in [5.74, 6) is -2.66. The number of carbonyl (C=O) groups is 1. The van der Waals surface area contributed by atoms with Crippen molar-refractivity contribution in [3.8, 4) is 6.07 Å². The highest BCUT2D eigenvalue weighted by molar-refractivity contribution is 7.12. The summed E-state index contributed by atoms with van der Waals surface area (Å²) in [5.41, 5.74) is -0.353. The molecule has 0 radical (unpaired) electrons. The zero-order valence-electron chi connectivity index (χ0n) is 10.9. The maximum absolute atomic E-state index is 13.7. The predicted molar refractivity (Wildman–Crippen MR) is 74.1 cm³/mol. The number of halogens is 2. The number of carbonyl (C=O) groups excluding carboxylic acids is 1. The number of hydrogen-bond donors (Lipinski definition) is 1. The van der Waals surface area contributed by atoms with Gasteiger partial charge in [-0.3, -0.25) is 0 Å². The lowest BCUT2D eigenvalue weighted by Gasteiger charge is -2.09. The number of rotatable bonds is 4. The normalized spacial score (nSPS) is 10.0. The second-order valence-electron chi connectivity index (χ2n) is 4.03. The van der Waals surface area contributed by atoms with Gasteiger partial charge >= 0.3 is 5.97 Å². The molecule has 21 heavy (non-hydrogen) atoms. The van der Waals surface area contributed by atoms with E-state index in [9.17, 15) is 13.6 Å². The number of hydrogen-bond acceptors (Lipinski definition) is 5. The number of nitriles is 1. The Morgan fingerprint density at radius 2 is 2.14 bits per heavy atom.